The predicted molar refractivity (Wildman–Crippen MR) is 64.6 cm³/mol. The van der Waals surface area contributed by atoms with Gasteiger partial charge in [-0.2, -0.15) is 4.39 Å². The number of H-pyrrole nitrogens is 1. The summed E-state index contributed by atoms with van der Waals surface area (Å²) >= 11 is 0. The Morgan fingerprint density at radius 2 is 2.19 bits per heavy atom. The number of rotatable bonds is 3. The molecule has 1 aliphatic rings. The zero-order valence-corrected chi connectivity index (χ0v) is 10.9. The van der Waals surface area contributed by atoms with E-state index in [0.29, 0.717) is 6.20 Å². The fraction of sp³-hybridized carbons (Fsp3) is 0.455. The van der Waals surface area contributed by atoms with E-state index in [2.05, 4.69) is 0 Å². The van der Waals surface area contributed by atoms with Crippen molar-refractivity contribution in [2.45, 2.75) is 31.8 Å². The maximum Gasteiger partial charge on any atom is 0.330 e. The van der Waals surface area contributed by atoms with Gasteiger partial charge in [-0.05, 0) is 0 Å². The number of nitrogens with zero attached hydrogens (tertiary/aromatic N) is 1. The van der Waals surface area contributed by atoms with Crippen LogP contribution >= 0.6 is 0 Å². The number of halogens is 1. The van der Waals surface area contributed by atoms with Gasteiger partial charge in [0.25, 0.3) is 11.5 Å². The molecule has 2 heterocycles. The van der Waals surface area contributed by atoms with Crippen LogP contribution in [0.15, 0.2) is 15.8 Å². The summed E-state index contributed by atoms with van der Waals surface area (Å²) in [4.78, 5) is 46.6. The molecule has 0 saturated carbocycles. The Balaban J connectivity index is 2.32. The van der Waals surface area contributed by atoms with Crippen LogP contribution in [0, 0.1) is 5.82 Å². The molecule has 1 saturated heterocycles. The quantitative estimate of drug-likeness (QED) is 0.644. The van der Waals surface area contributed by atoms with Gasteiger partial charge in [0.2, 0.25) is 5.82 Å². The maximum absolute atomic E-state index is 13.2. The molecule has 1 amide bonds. The number of nitrogens with two attached hydrogens (primary N) is 1. The van der Waals surface area contributed by atoms with E-state index in [1.165, 1.54) is 0 Å². The monoisotopic (exact) mass is 301 g/mol. The Labute approximate surface area is 116 Å². The highest BCUT2D eigenvalue weighted by molar-refractivity contribution is 5.80. The molecule has 1 fully saturated rings. The molecule has 0 aliphatic carbocycles. The average molecular weight is 301 g/mol. The lowest BCUT2D eigenvalue weighted by molar-refractivity contribution is -0.152. The summed E-state index contributed by atoms with van der Waals surface area (Å²) in [6.07, 6.45) is -2.78. The minimum atomic E-state index is -1.26. The molecule has 21 heavy (non-hydrogen) atoms. The van der Waals surface area contributed by atoms with E-state index < -0.39 is 47.4 Å². The molecular formula is C11H12FN3O6. The van der Waals surface area contributed by atoms with E-state index >= 15 is 0 Å². The number of primary amides is 1. The Kier molecular flexibility index (Phi) is 3.89. The van der Waals surface area contributed by atoms with Crippen LogP contribution in [0.5, 0.6) is 0 Å². The zero-order chi connectivity index (χ0) is 15.7. The first-order valence-corrected chi connectivity index (χ1v) is 5.92. The van der Waals surface area contributed by atoms with Crippen molar-refractivity contribution in [3.63, 3.8) is 0 Å². The average Bonchev–Trinajstić information content (AvgIpc) is 2.76. The maximum atomic E-state index is 13.2. The molecule has 1 aromatic rings. The van der Waals surface area contributed by atoms with E-state index in [-0.39, 0.29) is 6.42 Å². The van der Waals surface area contributed by atoms with Crippen LogP contribution in [0.2, 0.25) is 0 Å². The Morgan fingerprint density at radius 3 is 2.76 bits per heavy atom. The zero-order valence-electron chi connectivity index (χ0n) is 10.9. The summed E-state index contributed by atoms with van der Waals surface area (Å²) in [5.41, 5.74) is 3.03. The highest BCUT2D eigenvalue weighted by atomic mass is 19.1. The standard InChI is InChI=1S/C11H12FN3O6/c1-4(16)20-6-2-7(21-8(6)9(13)17)15-3-5(12)10(18)14-11(15)19/h3,6-8H,2H2,1H3,(H2,13,17)(H,14,18,19)/t6-,7+,8-/m0/s1. The van der Waals surface area contributed by atoms with Gasteiger partial charge < -0.3 is 15.2 Å². The largest absolute Gasteiger partial charge is 0.459 e. The lowest BCUT2D eigenvalue weighted by Crippen LogP contribution is -2.38. The molecule has 0 bridgehead atoms. The van der Waals surface area contributed by atoms with Gasteiger partial charge in [-0.1, -0.05) is 0 Å². The SMILES string of the molecule is CC(=O)O[C@H]1C[C@H](n2cc(F)c(=O)[nH]c2=O)O[C@@H]1C(N)=O. The van der Waals surface area contributed by atoms with Crippen LogP contribution in [0.25, 0.3) is 0 Å². The third-order valence-electron chi connectivity index (χ3n) is 2.91. The Morgan fingerprint density at radius 1 is 1.52 bits per heavy atom. The molecule has 3 N–H and O–H groups in total. The van der Waals surface area contributed by atoms with E-state index in [0.717, 1.165) is 11.5 Å². The van der Waals surface area contributed by atoms with Crippen molar-refractivity contribution >= 4 is 11.9 Å². The van der Waals surface area contributed by atoms with Crippen molar-refractivity contribution in [3.05, 3.63) is 32.9 Å². The smallest absolute Gasteiger partial charge is 0.330 e. The molecule has 9 nitrogen and oxygen atoms in total. The van der Waals surface area contributed by atoms with E-state index in [1.807, 2.05) is 0 Å². The fourth-order valence-electron chi connectivity index (χ4n) is 2.06. The summed E-state index contributed by atoms with van der Waals surface area (Å²) in [5.74, 6) is -2.73. The van der Waals surface area contributed by atoms with Crippen molar-refractivity contribution in [2.75, 3.05) is 0 Å². The highest BCUT2D eigenvalue weighted by Crippen LogP contribution is 2.29. The molecule has 2 rings (SSSR count). The molecule has 3 atom stereocenters. The molecule has 1 aliphatic heterocycles. The van der Waals surface area contributed by atoms with Gasteiger partial charge in [0.1, 0.15) is 12.3 Å². The summed E-state index contributed by atoms with van der Waals surface area (Å²) < 4.78 is 24.1. The second kappa shape index (κ2) is 5.48. The van der Waals surface area contributed by atoms with Crippen molar-refractivity contribution in [2.24, 2.45) is 5.73 Å². The second-order valence-corrected chi connectivity index (χ2v) is 4.44. The summed E-state index contributed by atoms with van der Waals surface area (Å²) in [6, 6.07) is 0. The number of carbonyl (C=O) groups excluding carboxylic acids is 2. The number of hydrogen-bond donors (Lipinski definition) is 2. The minimum absolute atomic E-state index is 0.0847. The number of carbonyl (C=O) groups is 2. The van der Waals surface area contributed by atoms with Gasteiger partial charge in [-0.3, -0.25) is 23.9 Å². The van der Waals surface area contributed by atoms with Crippen molar-refractivity contribution in [3.8, 4) is 0 Å². The van der Waals surface area contributed by atoms with Crippen molar-refractivity contribution in [1.82, 2.24) is 9.55 Å². The van der Waals surface area contributed by atoms with E-state index in [1.54, 1.807) is 4.98 Å². The number of hydrogen-bond acceptors (Lipinski definition) is 6. The van der Waals surface area contributed by atoms with E-state index in [9.17, 15) is 23.6 Å². The van der Waals surface area contributed by atoms with Crippen LogP contribution < -0.4 is 17.0 Å². The Hall–Kier alpha value is -2.49. The Bertz CT molecular complexity index is 696. The molecule has 1 aromatic heterocycles. The van der Waals surface area contributed by atoms with Crippen LogP contribution in [-0.2, 0) is 19.1 Å². The van der Waals surface area contributed by atoms with Gasteiger partial charge in [-0.25, -0.2) is 4.79 Å². The van der Waals surface area contributed by atoms with Gasteiger partial charge in [0.15, 0.2) is 6.10 Å². The third kappa shape index (κ3) is 2.99. The minimum Gasteiger partial charge on any atom is -0.459 e. The van der Waals surface area contributed by atoms with Crippen LogP contribution in [0.4, 0.5) is 4.39 Å². The molecule has 0 unspecified atom stereocenters. The molecule has 0 spiro atoms. The molecule has 0 aromatic carbocycles. The van der Waals surface area contributed by atoms with Gasteiger partial charge in [0.05, 0.1) is 6.20 Å². The third-order valence-corrected chi connectivity index (χ3v) is 2.91. The topological polar surface area (TPSA) is 133 Å². The lowest BCUT2D eigenvalue weighted by atomic mass is 10.1. The first-order valence-electron chi connectivity index (χ1n) is 5.92. The number of esters is 1. The van der Waals surface area contributed by atoms with Gasteiger partial charge >= 0.3 is 11.7 Å². The summed E-state index contributed by atoms with van der Waals surface area (Å²) in [7, 11) is 0. The first-order chi connectivity index (χ1) is 9.79. The van der Waals surface area contributed by atoms with Gasteiger partial charge in [-0.15, -0.1) is 0 Å². The van der Waals surface area contributed by atoms with Crippen LogP contribution in [0.3, 0.4) is 0 Å². The normalized spacial score (nSPS) is 24.8. The number of aromatic amines is 1. The summed E-state index contributed by atoms with van der Waals surface area (Å²) in [6.45, 7) is 1.14. The number of nitrogens with one attached hydrogen (secondary N) is 1. The number of aromatic nitrogens is 2. The fourth-order valence-corrected chi connectivity index (χ4v) is 2.06. The van der Waals surface area contributed by atoms with Crippen LogP contribution in [0.1, 0.15) is 19.6 Å². The molecule has 10 heteroatoms. The molecular weight excluding hydrogens is 289 g/mol. The molecule has 114 valence electrons. The number of ether oxygens (including phenoxy) is 2. The van der Waals surface area contributed by atoms with E-state index in [4.69, 9.17) is 15.2 Å². The van der Waals surface area contributed by atoms with Crippen molar-refractivity contribution < 1.29 is 23.5 Å². The highest BCUT2D eigenvalue weighted by Gasteiger charge is 2.42. The predicted octanol–water partition coefficient (Wildman–Crippen LogP) is -1.62. The first kappa shape index (κ1) is 14.9. The lowest BCUT2D eigenvalue weighted by Gasteiger charge is -2.14. The molecule has 0 radical (unpaired) electrons. The number of amides is 1. The second-order valence-electron chi connectivity index (χ2n) is 4.44. The van der Waals surface area contributed by atoms with Crippen molar-refractivity contribution in [1.29, 1.82) is 0 Å². The van der Waals surface area contributed by atoms with Gasteiger partial charge in [0, 0.05) is 13.3 Å². The summed E-state index contributed by atoms with van der Waals surface area (Å²) in [5, 5.41) is 0. The van der Waals surface area contributed by atoms with Crippen LogP contribution in [-0.4, -0.2) is 33.6 Å².